The number of hydrogen-bond donors (Lipinski definition) is 0. The molecule has 3 aromatic rings. The third kappa shape index (κ3) is 4.02. The zero-order valence-electron chi connectivity index (χ0n) is 13.2. The summed E-state index contributed by atoms with van der Waals surface area (Å²) in [6.07, 6.45) is 0.790. The lowest BCUT2D eigenvalue weighted by atomic mass is 10.1. The second-order valence-electron chi connectivity index (χ2n) is 5.24. The molecule has 120 valence electrons. The molecule has 3 nitrogen and oxygen atoms in total. The topological polar surface area (TPSA) is 35.5 Å². The fourth-order valence-electron chi connectivity index (χ4n) is 2.39. The lowest BCUT2D eigenvalue weighted by Crippen LogP contribution is -2.09. The van der Waals surface area contributed by atoms with Crippen molar-refractivity contribution < 1.29 is 14.3 Å². The predicted molar refractivity (Wildman–Crippen MR) is 94.7 cm³/mol. The van der Waals surface area contributed by atoms with E-state index in [-0.39, 0.29) is 0 Å². The van der Waals surface area contributed by atoms with Crippen LogP contribution in [0.15, 0.2) is 78.9 Å². The van der Waals surface area contributed by atoms with E-state index in [2.05, 4.69) is 12.1 Å². The van der Waals surface area contributed by atoms with Gasteiger partial charge < -0.3 is 9.47 Å². The van der Waals surface area contributed by atoms with Gasteiger partial charge in [0, 0.05) is 0 Å². The molecule has 0 bridgehead atoms. The van der Waals surface area contributed by atoms with Crippen LogP contribution in [-0.4, -0.2) is 19.5 Å². The highest BCUT2D eigenvalue weighted by molar-refractivity contribution is 5.79. The molecule has 3 heteroatoms. The minimum atomic E-state index is 0.380. The molecule has 0 fully saturated rings. The molecule has 0 aliphatic heterocycles. The van der Waals surface area contributed by atoms with Crippen LogP contribution < -0.4 is 9.47 Å². The van der Waals surface area contributed by atoms with E-state index in [0.29, 0.717) is 24.5 Å². The summed E-state index contributed by atoms with van der Waals surface area (Å²) in [5.74, 6) is 1.37. The van der Waals surface area contributed by atoms with Gasteiger partial charge in [0.15, 0.2) is 6.29 Å². The molecule has 0 saturated heterocycles. The number of benzene rings is 3. The SMILES string of the molecule is O=Cc1ccccc1OCCOc1ccc(-c2ccccc2)cc1. The van der Waals surface area contributed by atoms with Crippen molar-refractivity contribution in [2.24, 2.45) is 0 Å². The molecule has 0 unspecified atom stereocenters. The first kappa shape index (κ1) is 15.8. The number of hydrogen-bond acceptors (Lipinski definition) is 3. The molecular weight excluding hydrogens is 300 g/mol. The monoisotopic (exact) mass is 318 g/mol. The third-order valence-electron chi connectivity index (χ3n) is 3.62. The van der Waals surface area contributed by atoms with Gasteiger partial charge in [0.1, 0.15) is 24.7 Å². The summed E-state index contributed by atoms with van der Waals surface area (Å²) < 4.78 is 11.3. The lowest BCUT2D eigenvalue weighted by Gasteiger charge is -2.10. The Morgan fingerprint density at radius 3 is 2.04 bits per heavy atom. The number of ether oxygens (including phenoxy) is 2. The summed E-state index contributed by atoms with van der Waals surface area (Å²) in [4.78, 5) is 10.9. The quantitative estimate of drug-likeness (QED) is 0.471. The van der Waals surface area contributed by atoms with Gasteiger partial charge in [-0.2, -0.15) is 0 Å². The molecule has 0 radical (unpaired) electrons. The normalized spacial score (nSPS) is 10.2. The van der Waals surface area contributed by atoms with Crippen LogP contribution in [0, 0.1) is 0 Å². The van der Waals surface area contributed by atoms with Gasteiger partial charge in [0.25, 0.3) is 0 Å². The second-order valence-corrected chi connectivity index (χ2v) is 5.24. The van der Waals surface area contributed by atoms with Crippen LogP contribution in [-0.2, 0) is 0 Å². The van der Waals surface area contributed by atoms with Gasteiger partial charge in [-0.05, 0) is 35.4 Å². The van der Waals surface area contributed by atoms with Crippen molar-refractivity contribution in [2.75, 3.05) is 13.2 Å². The van der Waals surface area contributed by atoms with Crippen LogP contribution in [0.1, 0.15) is 10.4 Å². The second kappa shape index (κ2) is 7.97. The van der Waals surface area contributed by atoms with Gasteiger partial charge in [-0.1, -0.05) is 54.6 Å². The zero-order chi connectivity index (χ0) is 16.6. The number of carbonyl (C=O) groups is 1. The maximum atomic E-state index is 10.9. The van der Waals surface area contributed by atoms with Crippen molar-refractivity contribution in [3.05, 3.63) is 84.4 Å². The average Bonchev–Trinajstić information content (AvgIpc) is 2.67. The Balaban J connectivity index is 1.51. The fraction of sp³-hybridized carbons (Fsp3) is 0.0952. The summed E-state index contributed by atoms with van der Waals surface area (Å²) in [6, 6.07) is 25.3. The Hall–Kier alpha value is -3.07. The standard InChI is InChI=1S/C21H18O3/c22-16-19-8-4-5-9-21(19)24-15-14-23-20-12-10-18(11-13-20)17-6-2-1-3-7-17/h1-13,16H,14-15H2. The van der Waals surface area contributed by atoms with Crippen LogP contribution in [0.2, 0.25) is 0 Å². The predicted octanol–water partition coefficient (Wildman–Crippen LogP) is 4.62. The first-order valence-electron chi connectivity index (χ1n) is 7.82. The van der Waals surface area contributed by atoms with E-state index >= 15 is 0 Å². The maximum Gasteiger partial charge on any atom is 0.153 e. The van der Waals surface area contributed by atoms with Gasteiger partial charge in [-0.3, -0.25) is 4.79 Å². The highest BCUT2D eigenvalue weighted by atomic mass is 16.5. The highest BCUT2D eigenvalue weighted by Crippen LogP contribution is 2.22. The molecule has 0 atom stereocenters. The third-order valence-corrected chi connectivity index (χ3v) is 3.62. The van der Waals surface area contributed by atoms with E-state index < -0.39 is 0 Å². The largest absolute Gasteiger partial charge is 0.490 e. The summed E-state index contributed by atoms with van der Waals surface area (Å²) in [7, 11) is 0. The van der Waals surface area contributed by atoms with Crippen LogP contribution in [0.25, 0.3) is 11.1 Å². The molecule has 0 aromatic heterocycles. The van der Waals surface area contributed by atoms with Crippen molar-refractivity contribution in [3.8, 4) is 22.6 Å². The van der Waals surface area contributed by atoms with Gasteiger partial charge in [0.05, 0.1) is 5.56 Å². The summed E-state index contributed by atoms with van der Waals surface area (Å²) >= 11 is 0. The van der Waals surface area contributed by atoms with Crippen molar-refractivity contribution in [1.82, 2.24) is 0 Å². The minimum Gasteiger partial charge on any atom is -0.490 e. The van der Waals surface area contributed by atoms with E-state index in [9.17, 15) is 4.79 Å². The van der Waals surface area contributed by atoms with Gasteiger partial charge >= 0.3 is 0 Å². The van der Waals surface area contributed by atoms with E-state index in [1.54, 1.807) is 18.2 Å². The molecule has 24 heavy (non-hydrogen) atoms. The van der Waals surface area contributed by atoms with Gasteiger partial charge in [-0.25, -0.2) is 0 Å². The summed E-state index contributed by atoms with van der Waals surface area (Å²) in [5, 5.41) is 0. The fourth-order valence-corrected chi connectivity index (χ4v) is 2.39. The Morgan fingerprint density at radius 2 is 1.29 bits per heavy atom. The molecule has 0 heterocycles. The summed E-state index contributed by atoms with van der Waals surface area (Å²) in [5.41, 5.74) is 2.88. The minimum absolute atomic E-state index is 0.380. The van der Waals surface area contributed by atoms with Crippen LogP contribution in [0.5, 0.6) is 11.5 Å². The Kier molecular flexibility index (Phi) is 5.25. The Labute approximate surface area is 141 Å². The van der Waals surface area contributed by atoms with Gasteiger partial charge in [-0.15, -0.1) is 0 Å². The first-order valence-corrected chi connectivity index (χ1v) is 7.82. The van der Waals surface area contributed by atoms with E-state index in [1.165, 1.54) is 5.56 Å². The maximum absolute atomic E-state index is 10.9. The van der Waals surface area contributed by atoms with E-state index in [1.807, 2.05) is 48.5 Å². The number of para-hydroxylation sites is 1. The highest BCUT2D eigenvalue weighted by Gasteiger charge is 2.02. The van der Waals surface area contributed by atoms with Crippen molar-refractivity contribution in [3.63, 3.8) is 0 Å². The van der Waals surface area contributed by atoms with Crippen LogP contribution in [0.3, 0.4) is 0 Å². The Bertz CT molecular complexity index is 780. The number of carbonyl (C=O) groups excluding carboxylic acids is 1. The average molecular weight is 318 g/mol. The number of aldehydes is 1. The lowest BCUT2D eigenvalue weighted by molar-refractivity contribution is 0.111. The van der Waals surface area contributed by atoms with Crippen molar-refractivity contribution in [2.45, 2.75) is 0 Å². The van der Waals surface area contributed by atoms with Crippen LogP contribution in [0.4, 0.5) is 0 Å². The molecule has 0 saturated carbocycles. The molecular formula is C21H18O3. The summed E-state index contributed by atoms with van der Waals surface area (Å²) in [6.45, 7) is 0.795. The first-order chi connectivity index (χ1) is 11.9. The zero-order valence-corrected chi connectivity index (χ0v) is 13.2. The van der Waals surface area contributed by atoms with E-state index in [4.69, 9.17) is 9.47 Å². The molecule has 0 aliphatic rings. The van der Waals surface area contributed by atoms with Crippen molar-refractivity contribution in [1.29, 1.82) is 0 Å². The van der Waals surface area contributed by atoms with E-state index in [0.717, 1.165) is 17.6 Å². The molecule has 0 spiro atoms. The van der Waals surface area contributed by atoms with Gasteiger partial charge in [0.2, 0.25) is 0 Å². The smallest absolute Gasteiger partial charge is 0.153 e. The molecule has 3 aromatic carbocycles. The van der Waals surface area contributed by atoms with Crippen molar-refractivity contribution >= 4 is 6.29 Å². The molecule has 3 rings (SSSR count). The van der Waals surface area contributed by atoms with Crippen LogP contribution >= 0.6 is 0 Å². The molecule has 0 aliphatic carbocycles. The Morgan fingerprint density at radius 1 is 0.667 bits per heavy atom. The number of rotatable bonds is 7. The molecule has 0 N–H and O–H groups in total. The molecule has 0 amide bonds.